The summed E-state index contributed by atoms with van der Waals surface area (Å²) in [5.74, 6) is 1.10. The maximum Gasteiger partial charge on any atom is 0.247 e. The lowest BCUT2D eigenvalue weighted by Crippen LogP contribution is -1.91. The third kappa shape index (κ3) is 2.15. The molecule has 0 saturated carbocycles. The molecule has 0 fully saturated rings. The zero-order valence-electron chi connectivity index (χ0n) is 10.4. The Morgan fingerprint density at radius 2 is 2.16 bits per heavy atom. The first kappa shape index (κ1) is 11.7. The van der Waals surface area contributed by atoms with E-state index >= 15 is 0 Å². The number of pyridine rings is 1. The van der Waals surface area contributed by atoms with E-state index in [2.05, 4.69) is 9.97 Å². The molecule has 0 radical (unpaired) electrons. The number of aryl methyl sites for hydroxylation is 1. The third-order valence-corrected chi connectivity index (χ3v) is 2.90. The molecule has 5 nitrogen and oxygen atoms in total. The van der Waals surface area contributed by atoms with E-state index in [1.807, 2.05) is 35.9 Å². The highest BCUT2D eigenvalue weighted by molar-refractivity contribution is 5.80. The lowest BCUT2D eigenvalue weighted by atomic mass is 10.2. The Kier molecular flexibility index (Phi) is 2.89. The van der Waals surface area contributed by atoms with Gasteiger partial charge in [-0.3, -0.25) is 0 Å². The molecule has 0 amide bonds. The Balaban J connectivity index is 2.00. The first-order chi connectivity index (χ1) is 9.28. The molecule has 2 heterocycles. The Bertz CT molecular complexity index is 722. The fourth-order valence-electron chi connectivity index (χ4n) is 1.93. The predicted octanol–water partition coefficient (Wildman–Crippen LogP) is 2.25. The second-order valence-electron chi connectivity index (χ2n) is 4.25. The number of aliphatic hydroxyl groups is 1. The standard InChI is InChI=1S/C14H13N3O2/c1-17-9-16-13-12(17)5-6-15-14(13)19-11-4-2-3-10(7-11)8-18/h2-7,9,18H,8H2,1H3. The number of ether oxygens (including phenoxy) is 1. The van der Waals surface area contributed by atoms with Gasteiger partial charge in [0.1, 0.15) is 5.75 Å². The van der Waals surface area contributed by atoms with Crippen molar-refractivity contribution in [2.75, 3.05) is 0 Å². The summed E-state index contributed by atoms with van der Waals surface area (Å²) >= 11 is 0. The summed E-state index contributed by atoms with van der Waals surface area (Å²) in [4.78, 5) is 8.49. The summed E-state index contributed by atoms with van der Waals surface area (Å²) < 4.78 is 7.66. The van der Waals surface area contributed by atoms with Crippen molar-refractivity contribution in [2.45, 2.75) is 6.61 Å². The Labute approximate surface area is 110 Å². The van der Waals surface area contributed by atoms with E-state index in [1.165, 1.54) is 0 Å². The van der Waals surface area contributed by atoms with Crippen molar-refractivity contribution < 1.29 is 9.84 Å². The van der Waals surface area contributed by atoms with Crippen LogP contribution in [0.4, 0.5) is 0 Å². The molecular formula is C14H13N3O2. The largest absolute Gasteiger partial charge is 0.437 e. The van der Waals surface area contributed by atoms with Gasteiger partial charge in [0.25, 0.3) is 0 Å². The molecule has 0 spiro atoms. The topological polar surface area (TPSA) is 60.2 Å². The maximum absolute atomic E-state index is 9.12. The normalized spacial score (nSPS) is 10.8. The van der Waals surface area contributed by atoms with Gasteiger partial charge in [-0.2, -0.15) is 0 Å². The molecule has 0 atom stereocenters. The van der Waals surface area contributed by atoms with Crippen LogP contribution < -0.4 is 4.74 Å². The highest BCUT2D eigenvalue weighted by Crippen LogP contribution is 2.26. The van der Waals surface area contributed by atoms with Crippen LogP contribution in [-0.4, -0.2) is 19.6 Å². The van der Waals surface area contributed by atoms with E-state index in [4.69, 9.17) is 9.84 Å². The van der Waals surface area contributed by atoms with Gasteiger partial charge < -0.3 is 14.4 Å². The van der Waals surface area contributed by atoms with Gasteiger partial charge in [0, 0.05) is 13.2 Å². The van der Waals surface area contributed by atoms with Crippen molar-refractivity contribution in [3.8, 4) is 11.6 Å². The highest BCUT2D eigenvalue weighted by Gasteiger charge is 2.09. The molecule has 0 saturated heterocycles. The molecule has 0 aliphatic heterocycles. The lowest BCUT2D eigenvalue weighted by molar-refractivity contribution is 0.281. The number of rotatable bonds is 3. The summed E-state index contributed by atoms with van der Waals surface area (Å²) in [5, 5.41) is 9.12. The number of aliphatic hydroxyl groups excluding tert-OH is 1. The Hall–Kier alpha value is -2.40. The number of aromatic nitrogens is 3. The number of imidazole rings is 1. The van der Waals surface area contributed by atoms with E-state index in [9.17, 15) is 0 Å². The van der Waals surface area contributed by atoms with Crippen LogP contribution in [0.3, 0.4) is 0 Å². The van der Waals surface area contributed by atoms with Crippen LogP contribution in [0.25, 0.3) is 11.0 Å². The third-order valence-electron chi connectivity index (χ3n) is 2.90. The molecule has 1 aromatic carbocycles. The summed E-state index contributed by atoms with van der Waals surface area (Å²) in [6.07, 6.45) is 3.42. The zero-order chi connectivity index (χ0) is 13.2. The fraction of sp³-hybridized carbons (Fsp3) is 0.143. The number of benzene rings is 1. The number of fused-ring (bicyclic) bond motifs is 1. The van der Waals surface area contributed by atoms with Crippen LogP contribution >= 0.6 is 0 Å². The lowest BCUT2D eigenvalue weighted by Gasteiger charge is -2.06. The Morgan fingerprint density at radius 3 is 3.00 bits per heavy atom. The molecule has 0 unspecified atom stereocenters. The molecule has 0 aliphatic carbocycles. The molecule has 0 bridgehead atoms. The quantitative estimate of drug-likeness (QED) is 0.779. The minimum Gasteiger partial charge on any atom is -0.437 e. The van der Waals surface area contributed by atoms with E-state index in [0.717, 1.165) is 16.6 Å². The zero-order valence-corrected chi connectivity index (χ0v) is 10.4. The van der Waals surface area contributed by atoms with Crippen LogP contribution in [0.15, 0.2) is 42.9 Å². The summed E-state index contributed by atoms with van der Waals surface area (Å²) in [5.41, 5.74) is 2.48. The minimum absolute atomic E-state index is 0.0155. The van der Waals surface area contributed by atoms with Crippen molar-refractivity contribution in [3.63, 3.8) is 0 Å². The van der Waals surface area contributed by atoms with E-state index in [-0.39, 0.29) is 6.61 Å². The summed E-state index contributed by atoms with van der Waals surface area (Å²) in [6.45, 7) is -0.0155. The predicted molar refractivity (Wildman–Crippen MR) is 70.9 cm³/mol. The van der Waals surface area contributed by atoms with Crippen LogP contribution in [-0.2, 0) is 13.7 Å². The van der Waals surface area contributed by atoms with Crippen molar-refractivity contribution in [1.29, 1.82) is 0 Å². The van der Waals surface area contributed by atoms with Gasteiger partial charge in [-0.25, -0.2) is 9.97 Å². The molecule has 2 aromatic heterocycles. The molecule has 0 aliphatic rings. The van der Waals surface area contributed by atoms with Gasteiger partial charge in [-0.05, 0) is 23.8 Å². The van der Waals surface area contributed by atoms with Gasteiger partial charge >= 0.3 is 0 Å². The second kappa shape index (κ2) is 4.70. The second-order valence-corrected chi connectivity index (χ2v) is 4.25. The van der Waals surface area contributed by atoms with Crippen molar-refractivity contribution in [3.05, 3.63) is 48.4 Å². The van der Waals surface area contributed by atoms with Crippen LogP contribution in [0.1, 0.15) is 5.56 Å². The maximum atomic E-state index is 9.12. The molecule has 19 heavy (non-hydrogen) atoms. The van der Waals surface area contributed by atoms with Crippen molar-refractivity contribution in [1.82, 2.24) is 14.5 Å². The molecule has 96 valence electrons. The van der Waals surface area contributed by atoms with Crippen LogP contribution in [0, 0.1) is 0 Å². The van der Waals surface area contributed by atoms with Gasteiger partial charge in [0.2, 0.25) is 5.88 Å². The molecule has 5 heteroatoms. The van der Waals surface area contributed by atoms with Gasteiger partial charge in [-0.1, -0.05) is 12.1 Å². The van der Waals surface area contributed by atoms with Crippen LogP contribution in [0.2, 0.25) is 0 Å². The smallest absolute Gasteiger partial charge is 0.247 e. The van der Waals surface area contributed by atoms with Gasteiger partial charge in [0.15, 0.2) is 5.52 Å². The number of hydrogen-bond donors (Lipinski definition) is 1. The average Bonchev–Trinajstić information content (AvgIpc) is 2.82. The van der Waals surface area contributed by atoms with Gasteiger partial charge in [0.05, 0.1) is 18.5 Å². The fourth-order valence-corrected chi connectivity index (χ4v) is 1.93. The molecule has 3 rings (SSSR count). The first-order valence-electron chi connectivity index (χ1n) is 5.91. The van der Waals surface area contributed by atoms with Crippen LogP contribution in [0.5, 0.6) is 11.6 Å². The first-order valence-corrected chi connectivity index (χ1v) is 5.91. The SMILES string of the molecule is Cn1cnc2c(Oc3cccc(CO)c3)nccc21. The number of hydrogen-bond acceptors (Lipinski definition) is 4. The molecule has 1 N–H and O–H groups in total. The highest BCUT2D eigenvalue weighted by atomic mass is 16.5. The summed E-state index contributed by atoms with van der Waals surface area (Å²) in [7, 11) is 1.92. The molecular weight excluding hydrogens is 242 g/mol. The van der Waals surface area contributed by atoms with E-state index in [1.54, 1.807) is 18.6 Å². The number of nitrogens with zero attached hydrogens (tertiary/aromatic N) is 3. The van der Waals surface area contributed by atoms with E-state index < -0.39 is 0 Å². The monoisotopic (exact) mass is 255 g/mol. The molecule has 3 aromatic rings. The van der Waals surface area contributed by atoms with Crippen molar-refractivity contribution in [2.24, 2.45) is 7.05 Å². The van der Waals surface area contributed by atoms with Gasteiger partial charge in [-0.15, -0.1) is 0 Å². The average molecular weight is 255 g/mol. The van der Waals surface area contributed by atoms with Crippen molar-refractivity contribution >= 4 is 11.0 Å². The Morgan fingerprint density at radius 1 is 1.26 bits per heavy atom. The minimum atomic E-state index is -0.0155. The summed E-state index contributed by atoms with van der Waals surface area (Å²) in [6, 6.07) is 9.16. The van der Waals surface area contributed by atoms with E-state index in [0.29, 0.717) is 11.6 Å².